The van der Waals surface area contributed by atoms with Crippen molar-refractivity contribution in [1.29, 1.82) is 0 Å². The Morgan fingerprint density at radius 3 is 2.83 bits per heavy atom. The van der Waals surface area contributed by atoms with E-state index < -0.39 is 0 Å². The van der Waals surface area contributed by atoms with Crippen LogP contribution < -0.4 is 10.1 Å². The third kappa shape index (κ3) is 4.70. The Morgan fingerprint density at radius 2 is 2.21 bits per heavy atom. The van der Waals surface area contributed by atoms with Crippen LogP contribution >= 0.6 is 0 Å². The Labute approximate surface area is 142 Å². The average molecular weight is 329 g/mol. The number of hydrogen-bond acceptors (Lipinski definition) is 4. The first-order chi connectivity index (χ1) is 11.5. The van der Waals surface area contributed by atoms with Crippen LogP contribution in [0.4, 0.5) is 0 Å². The molecule has 0 saturated heterocycles. The SMILES string of the molecule is C=C(C)COc1cccc(C(=O)N[C@H](COC)c2ccnn2C)c1. The van der Waals surface area contributed by atoms with Gasteiger partial charge in [0.05, 0.1) is 18.3 Å². The van der Waals surface area contributed by atoms with Crippen molar-refractivity contribution in [3.05, 3.63) is 59.9 Å². The van der Waals surface area contributed by atoms with E-state index in [1.165, 1.54) is 0 Å². The largest absolute Gasteiger partial charge is 0.489 e. The molecule has 1 amide bonds. The standard InChI is InChI=1S/C18H23N3O3/c1-13(2)11-24-15-7-5-6-14(10-15)18(22)20-16(12-23-4)17-8-9-19-21(17)3/h5-10,16H,1,11-12H2,2-4H3,(H,20,22)/t16-/m1/s1. The maximum absolute atomic E-state index is 12.6. The van der Waals surface area contributed by atoms with Crippen LogP contribution in [-0.4, -0.2) is 36.0 Å². The van der Waals surface area contributed by atoms with Gasteiger partial charge in [0.15, 0.2) is 0 Å². The van der Waals surface area contributed by atoms with Crippen molar-refractivity contribution in [2.75, 3.05) is 20.3 Å². The van der Waals surface area contributed by atoms with Crippen molar-refractivity contribution in [3.8, 4) is 5.75 Å². The number of carbonyl (C=O) groups excluding carboxylic acids is 1. The molecule has 0 aliphatic carbocycles. The fraction of sp³-hybridized carbons (Fsp3) is 0.333. The second-order valence-corrected chi connectivity index (χ2v) is 5.63. The molecule has 1 atom stereocenters. The highest BCUT2D eigenvalue weighted by atomic mass is 16.5. The maximum Gasteiger partial charge on any atom is 0.252 e. The summed E-state index contributed by atoms with van der Waals surface area (Å²) in [7, 11) is 3.43. The van der Waals surface area contributed by atoms with Gasteiger partial charge in [0, 0.05) is 25.9 Å². The van der Waals surface area contributed by atoms with Crippen LogP contribution in [0.15, 0.2) is 48.7 Å². The zero-order valence-corrected chi connectivity index (χ0v) is 14.3. The molecule has 0 aliphatic heterocycles. The Kier molecular flexibility index (Phi) is 6.14. The Hall–Kier alpha value is -2.60. The molecule has 128 valence electrons. The molecule has 2 rings (SSSR count). The van der Waals surface area contributed by atoms with Gasteiger partial charge in [-0.3, -0.25) is 9.48 Å². The van der Waals surface area contributed by atoms with Crippen LogP contribution in [0.5, 0.6) is 5.75 Å². The lowest BCUT2D eigenvalue weighted by Crippen LogP contribution is -2.32. The quantitative estimate of drug-likeness (QED) is 0.756. The van der Waals surface area contributed by atoms with E-state index in [2.05, 4.69) is 17.0 Å². The zero-order valence-electron chi connectivity index (χ0n) is 14.3. The van der Waals surface area contributed by atoms with Crippen LogP contribution in [0.2, 0.25) is 0 Å². The summed E-state index contributed by atoms with van der Waals surface area (Å²) in [6.07, 6.45) is 1.69. The van der Waals surface area contributed by atoms with E-state index in [9.17, 15) is 4.79 Å². The van der Waals surface area contributed by atoms with Gasteiger partial charge in [0.2, 0.25) is 0 Å². The molecule has 0 radical (unpaired) electrons. The summed E-state index contributed by atoms with van der Waals surface area (Å²) < 4.78 is 12.5. The van der Waals surface area contributed by atoms with Gasteiger partial charge in [-0.1, -0.05) is 12.6 Å². The lowest BCUT2D eigenvalue weighted by atomic mass is 10.1. The first kappa shape index (κ1) is 17.7. The summed E-state index contributed by atoms with van der Waals surface area (Å²) in [5.41, 5.74) is 2.32. The highest BCUT2D eigenvalue weighted by Crippen LogP contribution is 2.17. The van der Waals surface area contributed by atoms with Crippen molar-refractivity contribution in [2.24, 2.45) is 7.05 Å². The number of ether oxygens (including phenoxy) is 2. The molecule has 0 aliphatic rings. The first-order valence-corrected chi connectivity index (χ1v) is 7.66. The maximum atomic E-state index is 12.6. The molecule has 2 aromatic rings. The van der Waals surface area contributed by atoms with E-state index in [1.54, 1.807) is 36.2 Å². The summed E-state index contributed by atoms with van der Waals surface area (Å²) in [5, 5.41) is 7.11. The van der Waals surface area contributed by atoms with Crippen molar-refractivity contribution in [2.45, 2.75) is 13.0 Å². The van der Waals surface area contributed by atoms with Gasteiger partial charge in [-0.2, -0.15) is 5.10 Å². The molecular formula is C18H23N3O3. The van der Waals surface area contributed by atoms with Crippen molar-refractivity contribution < 1.29 is 14.3 Å². The molecule has 0 bridgehead atoms. The van der Waals surface area contributed by atoms with E-state index in [-0.39, 0.29) is 11.9 Å². The van der Waals surface area contributed by atoms with Gasteiger partial charge in [0.25, 0.3) is 5.91 Å². The normalized spacial score (nSPS) is 11.8. The summed E-state index contributed by atoms with van der Waals surface area (Å²) in [5.74, 6) is 0.438. The number of rotatable bonds is 8. The number of methoxy groups -OCH3 is 1. The highest BCUT2D eigenvalue weighted by Gasteiger charge is 2.18. The fourth-order valence-corrected chi connectivity index (χ4v) is 2.27. The zero-order chi connectivity index (χ0) is 17.5. The molecule has 1 N–H and O–H groups in total. The van der Waals surface area contributed by atoms with E-state index in [4.69, 9.17) is 9.47 Å². The molecule has 1 aromatic heterocycles. The smallest absolute Gasteiger partial charge is 0.252 e. The fourth-order valence-electron chi connectivity index (χ4n) is 2.27. The van der Waals surface area contributed by atoms with Gasteiger partial charge in [-0.05, 0) is 36.8 Å². The summed E-state index contributed by atoms with van der Waals surface area (Å²) in [6, 6.07) is 8.64. The van der Waals surface area contributed by atoms with Crippen LogP contribution in [0, 0.1) is 0 Å². The summed E-state index contributed by atoms with van der Waals surface area (Å²) >= 11 is 0. The summed E-state index contributed by atoms with van der Waals surface area (Å²) in [4.78, 5) is 12.6. The molecule has 0 spiro atoms. The number of carbonyl (C=O) groups is 1. The number of benzene rings is 1. The molecule has 24 heavy (non-hydrogen) atoms. The molecule has 0 saturated carbocycles. The van der Waals surface area contributed by atoms with Gasteiger partial charge >= 0.3 is 0 Å². The predicted molar refractivity (Wildman–Crippen MR) is 92.0 cm³/mol. The molecule has 6 heteroatoms. The van der Waals surface area contributed by atoms with E-state index >= 15 is 0 Å². The highest BCUT2D eigenvalue weighted by molar-refractivity contribution is 5.94. The number of nitrogens with zero attached hydrogens (tertiary/aromatic N) is 2. The number of hydrogen-bond donors (Lipinski definition) is 1. The van der Waals surface area contributed by atoms with Crippen LogP contribution in [-0.2, 0) is 11.8 Å². The summed E-state index contributed by atoms with van der Waals surface area (Å²) in [6.45, 7) is 6.47. The third-order valence-electron chi connectivity index (χ3n) is 3.44. The molecule has 0 unspecified atom stereocenters. The minimum Gasteiger partial charge on any atom is -0.489 e. The number of nitrogens with one attached hydrogen (secondary N) is 1. The van der Waals surface area contributed by atoms with Crippen molar-refractivity contribution >= 4 is 5.91 Å². The Bertz CT molecular complexity index is 709. The van der Waals surface area contributed by atoms with E-state index in [0.717, 1.165) is 11.3 Å². The van der Waals surface area contributed by atoms with Gasteiger partial charge in [0.1, 0.15) is 12.4 Å². The lowest BCUT2D eigenvalue weighted by molar-refractivity contribution is 0.0892. The van der Waals surface area contributed by atoms with Gasteiger partial charge < -0.3 is 14.8 Å². The Balaban J connectivity index is 2.11. The molecular weight excluding hydrogens is 306 g/mol. The third-order valence-corrected chi connectivity index (χ3v) is 3.44. The minimum absolute atomic E-state index is 0.195. The lowest BCUT2D eigenvalue weighted by Gasteiger charge is -2.18. The number of amides is 1. The Morgan fingerprint density at radius 1 is 1.42 bits per heavy atom. The minimum atomic E-state index is -0.282. The topological polar surface area (TPSA) is 65.4 Å². The van der Waals surface area contributed by atoms with Crippen LogP contribution in [0.25, 0.3) is 0 Å². The van der Waals surface area contributed by atoms with Gasteiger partial charge in [-0.25, -0.2) is 0 Å². The van der Waals surface area contributed by atoms with Crippen molar-refractivity contribution in [1.82, 2.24) is 15.1 Å². The van der Waals surface area contributed by atoms with Crippen LogP contribution in [0.3, 0.4) is 0 Å². The van der Waals surface area contributed by atoms with E-state index in [1.807, 2.05) is 26.1 Å². The van der Waals surface area contributed by atoms with Crippen LogP contribution in [0.1, 0.15) is 29.0 Å². The van der Waals surface area contributed by atoms with Crippen molar-refractivity contribution in [3.63, 3.8) is 0 Å². The molecule has 0 fully saturated rings. The van der Waals surface area contributed by atoms with Gasteiger partial charge in [-0.15, -0.1) is 0 Å². The second kappa shape index (κ2) is 8.31. The molecule has 1 aromatic carbocycles. The predicted octanol–water partition coefficient (Wildman–Crippen LogP) is 2.49. The monoisotopic (exact) mass is 329 g/mol. The number of aromatic nitrogens is 2. The average Bonchev–Trinajstić information content (AvgIpc) is 2.98. The van der Waals surface area contributed by atoms with E-state index in [0.29, 0.717) is 24.5 Å². The molecule has 6 nitrogen and oxygen atoms in total. The second-order valence-electron chi connectivity index (χ2n) is 5.63. The number of aryl methyl sites for hydroxylation is 1. The molecule has 1 heterocycles. The first-order valence-electron chi connectivity index (χ1n) is 7.66.